The van der Waals surface area contributed by atoms with Crippen LogP contribution in [-0.2, 0) is 16.6 Å². The summed E-state index contributed by atoms with van der Waals surface area (Å²) in [5.74, 6) is -2.27. The van der Waals surface area contributed by atoms with E-state index in [1.54, 1.807) is 41.9 Å². The van der Waals surface area contributed by atoms with E-state index in [9.17, 15) is 22.8 Å². The highest BCUT2D eigenvalue weighted by Crippen LogP contribution is 2.41. The molecule has 2 amide bonds. The fraction of sp³-hybridized carbons (Fsp3) is 0.310. The normalized spacial score (nSPS) is 18.2. The number of aryl methyl sites for hydroxylation is 1. The third kappa shape index (κ3) is 8.04. The number of aromatic nitrogens is 2. The third-order valence-corrected chi connectivity index (χ3v) is 7.04. The van der Waals surface area contributed by atoms with Gasteiger partial charge in [0.2, 0.25) is 5.91 Å². The molecule has 5 rings (SSSR count). The highest BCUT2D eigenvalue weighted by atomic mass is 19.4. The number of amides is 2. The lowest BCUT2D eigenvalue weighted by Crippen LogP contribution is -2.53. The fourth-order valence-electron chi connectivity index (χ4n) is 4.56. The number of nitrogens with one attached hydrogen (secondary N) is 2. The molecule has 222 valence electrons. The van der Waals surface area contributed by atoms with Crippen molar-refractivity contribution in [1.29, 1.82) is 0 Å². The van der Waals surface area contributed by atoms with Crippen LogP contribution in [-0.4, -0.2) is 74.6 Å². The Morgan fingerprint density at radius 1 is 1.05 bits per heavy atom. The summed E-state index contributed by atoms with van der Waals surface area (Å²) in [4.78, 5) is 34.5. The Labute approximate surface area is 239 Å². The van der Waals surface area contributed by atoms with Gasteiger partial charge in [0.1, 0.15) is 0 Å². The maximum Gasteiger partial charge on any atom is 0.490 e. The summed E-state index contributed by atoms with van der Waals surface area (Å²) in [5, 5.41) is 23.7. The molecule has 3 aromatic rings. The predicted molar refractivity (Wildman–Crippen MR) is 146 cm³/mol. The zero-order valence-corrected chi connectivity index (χ0v) is 22.6. The molecule has 2 fully saturated rings. The highest BCUT2D eigenvalue weighted by Gasteiger charge is 2.39. The van der Waals surface area contributed by atoms with Crippen molar-refractivity contribution in [3.63, 3.8) is 0 Å². The van der Waals surface area contributed by atoms with Gasteiger partial charge in [0.05, 0.1) is 6.20 Å². The lowest BCUT2D eigenvalue weighted by Gasteiger charge is -2.39. The Hall–Kier alpha value is -4.49. The van der Waals surface area contributed by atoms with Crippen LogP contribution in [0.3, 0.4) is 0 Å². The molecule has 2 atom stereocenters. The molecule has 13 heteroatoms. The Kier molecular flexibility index (Phi) is 9.43. The predicted octanol–water partition coefficient (Wildman–Crippen LogP) is 3.46. The van der Waals surface area contributed by atoms with E-state index in [1.165, 1.54) is 11.1 Å². The van der Waals surface area contributed by atoms with Crippen molar-refractivity contribution in [2.75, 3.05) is 19.6 Å². The highest BCUT2D eigenvalue weighted by molar-refractivity contribution is 5.94. The largest absolute Gasteiger partial charge is 0.490 e. The van der Waals surface area contributed by atoms with Gasteiger partial charge in [-0.2, -0.15) is 18.3 Å². The molecule has 1 saturated heterocycles. The number of alkyl halides is 3. The average Bonchev–Trinajstić information content (AvgIpc) is 3.59. The number of carboxylic acid groups (broad SMARTS) is 1. The molecule has 2 heterocycles. The van der Waals surface area contributed by atoms with Crippen LogP contribution in [0.5, 0.6) is 0 Å². The molecule has 2 aliphatic rings. The number of carboxylic acids is 1. The Balaban J connectivity index is 0.000000517. The number of halogens is 3. The van der Waals surface area contributed by atoms with Crippen LogP contribution in [0.2, 0.25) is 0 Å². The van der Waals surface area contributed by atoms with Crippen LogP contribution >= 0.6 is 0 Å². The number of rotatable bonds is 8. The first-order chi connectivity index (χ1) is 19.9. The molecular weight excluding hydrogens is 555 g/mol. The number of hydrogen-bond donors (Lipinski definition) is 4. The minimum Gasteiger partial charge on any atom is -0.475 e. The van der Waals surface area contributed by atoms with E-state index in [0.29, 0.717) is 23.4 Å². The summed E-state index contributed by atoms with van der Waals surface area (Å²) in [7, 11) is 1.93. The van der Waals surface area contributed by atoms with Gasteiger partial charge in [-0.15, -0.1) is 0 Å². The van der Waals surface area contributed by atoms with Gasteiger partial charge in [0.25, 0.3) is 5.91 Å². The standard InChI is InChI=1S/C27H29N5O3.C2HF3O2/c1-31-17-23(14-29-31)20-7-9-21(10-8-20)24-12-25(24)28-13-19-15-32(16-19)26(33)11-4-18-2-5-22(6-3-18)27(34)30-35;3-2(4,5)1(6)7/h2-11,14,17,19,24-25,28,35H,12-13,15-16H2,1H3,(H,30,34);(H,6,7)/b11-4+;. The number of benzene rings is 2. The lowest BCUT2D eigenvalue weighted by atomic mass is 9.99. The van der Waals surface area contributed by atoms with E-state index in [0.717, 1.165) is 37.2 Å². The fourth-order valence-corrected chi connectivity index (χ4v) is 4.56. The molecule has 2 aromatic carbocycles. The summed E-state index contributed by atoms with van der Waals surface area (Å²) in [6, 6.07) is 16.0. The first-order valence-electron chi connectivity index (χ1n) is 13.1. The van der Waals surface area contributed by atoms with E-state index >= 15 is 0 Å². The second kappa shape index (κ2) is 13.0. The monoisotopic (exact) mass is 585 g/mol. The molecule has 1 aromatic heterocycles. The quantitative estimate of drug-likeness (QED) is 0.181. The Bertz CT molecular complexity index is 1430. The molecule has 2 unspecified atom stereocenters. The SMILES string of the molecule is Cn1cc(-c2ccc(C3CC3NCC3CN(C(=O)/C=C/c4ccc(C(=O)NO)cc4)C3)cc2)cn1.O=C(O)C(F)(F)F. The minimum atomic E-state index is -5.08. The van der Waals surface area contributed by atoms with Crippen molar-refractivity contribution < 1.29 is 37.9 Å². The van der Waals surface area contributed by atoms with Gasteiger partial charge in [0.15, 0.2) is 0 Å². The number of likely N-dealkylation sites (tertiary alicyclic amines) is 1. The van der Waals surface area contributed by atoms with Crippen molar-refractivity contribution in [2.45, 2.75) is 24.6 Å². The summed E-state index contributed by atoms with van der Waals surface area (Å²) >= 11 is 0. The Morgan fingerprint density at radius 3 is 2.24 bits per heavy atom. The van der Waals surface area contributed by atoms with Gasteiger partial charge >= 0.3 is 12.1 Å². The van der Waals surface area contributed by atoms with Crippen LogP contribution in [0.15, 0.2) is 67.0 Å². The first-order valence-corrected chi connectivity index (χ1v) is 13.1. The second-order valence-electron chi connectivity index (χ2n) is 10.2. The van der Waals surface area contributed by atoms with Crippen molar-refractivity contribution in [3.05, 3.63) is 83.7 Å². The Morgan fingerprint density at radius 2 is 1.69 bits per heavy atom. The second-order valence-corrected chi connectivity index (χ2v) is 10.2. The maximum absolute atomic E-state index is 12.4. The number of hydrogen-bond acceptors (Lipinski definition) is 6. The molecular formula is C29H30F3N5O5. The minimum absolute atomic E-state index is 0.00330. The van der Waals surface area contributed by atoms with Crippen LogP contribution < -0.4 is 10.8 Å². The lowest BCUT2D eigenvalue weighted by molar-refractivity contribution is -0.192. The first kappa shape index (κ1) is 30.5. The summed E-state index contributed by atoms with van der Waals surface area (Å²) in [6.45, 7) is 2.46. The molecule has 1 aliphatic carbocycles. The van der Waals surface area contributed by atoms with Gasteiger partial charge in [-0.3, -0.25) is 19.5 Å². The van der Waals surface area contributed by atoms with Crippen LogP contribution in [0.4, 0.5) is 13.2 Å². The van der Waals surface area contributed by atoms with Crippen molar-refractivity contribution in [3.8, 4) is 11.1 Å². The van der Waals surface area contributed by atoms with Crippen molar-refractivity contribution >= 4 is 23.9 Å². The summed E-state index contributed by atoms with van der Waals surface area (Å²) in [5.41, 5.74) is 6.46. The van der Waals surface area contributed by atoms with E-state index in [2.05, 4.69) is 34.7 Å². The van der Waals surface area contributed by atoms with Gasteiger partial charge < -0.3 is 15.3 Å². The zero-order valence-electron chi connectivity index (χ0n) is 22.6. The van der Waals surface area contributed by atoms with Gasteiger partial charge in [-0.1, -0.05) is 36.4 Å². The third-order valence-electron chi connectivity index (χ3n) is 7.04. The van der Waals surface area contributed by atoms with Crippen molar-refractivity contribution in [2.24, 2.45) is 13.0 Å². The molecule has 4 N–H and O–H groups in total. The molecule has 1 aliphatic heterocycles. The average molecular weight is 586 g/mol. The van der Waals surface area contributed by atoms with E-state index in [4.69, 9.17) is 15.1 Å². The molecule has 1 saturated carbocycles. The van der Waals surface area contributed by atoms with Crippen LogP contribution in [0, 0.1) is 5.92 Å². The number of carbonyl (C=O) groups excluding carboxylic acids is 2. The molecule has 42 heavy (non-hydrogen) atoms. The topological polar surface area (TPSA) is 137 Å². The summed E-state index contributed by atoms with van der Waals surface area (Å²) < 4.78 is 33.6. The molecule has 0 radical (unpaired) electrons. The smallest absolute Gasteiger partial charge is 0.475 e. The van der Waals surface area contributed by atoms with Crippen LogP contribution in [0.1, 0.15) is 33.8 Å². The molecule has 0 spiro atoms. The van der Waals surface area contributed by atoms with E-state index in [1.807, 2.05) is 29.0 Å². The number of aliphatic carboxylic acids is 1. The number of carbonyl (C=O) groups is 3. The zero-order chi connectivity index (χ0) is 30.4. The number of hydroxylamine groups is 1. The van der Waals surface area contributed by atoms with Gasteiger partial charge in [-0.25, -0.2) is 10.3 Å². The summed E-state index contributed by atoms with van der Waals surface area (Å²) in [6.07, 6.45) is 3.29. The maximum atomic E-state index is 12.4. The van der Waals surface area contributed by atoms with Gasteiger partial charge in [-0.05, 0) is 41.3 Å². The molecule has 0 bridgehead atoms. The van der Waals surface area contributed by atoms with Crippen LogP contribution in [0.25, 0.3) is 17.2 Å². The van der Waals surface area contributed by atoms with E-state index in [-0.39, 0.29) is 5.91 Å². The van der Waals surface area contributed by atoms with Crippen molar-refractivity contribution in [1.82, 2.24) is 25.5 Å². The van der Waals surface area contributed by atoms with E-state index < -0.39 is 18.1 Å². The number of nitrogens with zero attached hydrogens (tertiary/aromatic N) is 3. The van der Waals surface area contributed by atoms with Gasteiger partial charge in [0, 0.05) is 68.0 Å². The molecule has 10 nitrogen and oxygen atoms in total.